The van der Waals surface area contributed by atoms with Crippen molar-refractivity contribution < 1.29 is 9.13 Å². The molecule has 2 rings (SSSR count). The fraction of sp³-hybridized carbons (Fsp3) is 0.143. The van der Waals surface area contributed by atoms with Crippen molar-refractivity contribution in [2.24, 2.45) is 5.73 Å². The number of hydrogen-bond acceptors (Lipinski definition) is 2. The number of ether oxygens (including phenoxy) is 1. The Kier molecular flexibility index (Phi) is 3.99. The van der Waals surface area contributed by atoms with Gasteiger partial charge in [-0.1, -0.05) is 22.0 Å². The molecular weight excluding hydrogens is 297 g/mol. The van der Waals surface area contributed by atoms with Crippen molar-refractivity contribution in [3.63, 3.8) is 0 Å². The molecule has 0 unspecified atom stereocenters. The third kappa shape index (κ3) is 2.89. The topological polar surface area (TPSA) is 35.2 Å². The first-order chi connectivity index (χ1) is 8.60. The van der Waals surface area contributed by atoms with E-state index < -0.39 is 0 Å². The maximum atomic E-state index is 13.2. The van der Waals surface area contributed by atoms with E-state index in [0.29, 0.717) is 18.0 Å². The number of benzene rings is 2. The zero-order chi connectivity index (χ0) is 13.1. The van der Waals surface area contributed by atoms with E-state index in [1.165, 1.54) is 12.1 Å². The molecule has 0 aromatic heterocycles. The summed E-state index contributed by atoms with van der Waals surface area (Å²) in [4.78, 5) is 0. The van der Waals surface area contributed by atoms with Crippen molar-refractivity contribution in [1.82, 2.24) is 0 Å². The van der Waals surface area contributed by atoms with Crippen LogP contribution in [0.25, 0.3) is 0 Å². The maximum Gasteiger partial charge on any atom is 0.133 e. The van der Waals surface area contributed by atoms with Crippen molar-refractivity contribution >= 4 is 15.9 Å². The van der Waals surface area contributed by atoms with Gasteiger partial charge in [0.1, 0.15) is 17.3 Å². The first kappa shape index (κ1) is 13.1. The van der Waals surface area contributed by atoms with Crippen molar-refractivity contribution in [1.29, 1.82) is 0 Å². The third-order valence-electron chi connectivity index (χ3n) is 2.61. The zero-order valence-corrected chi connectivity index (χ0v) is 11.5. The van der Waals surface area contributed by atoms with Crippen LogP contribution >= 0.6 is 15.9 Å². The van der Waals surface area contributed by atoms with Crippen LogP contribution in [-0.4, -0.2) is 0 Å². The fourth-order valence-corrected chi connectivity index (χ4v) is 2.02. The molecule has 2 N–H and O–H groups in total. The van der Waals surface area contributed by atoms with Gasteiger partial charge in [-0.3, -0.25) is 0 Å². The largest absolute Gasteiger partial charge is 0.457 e. The third-order valence-corrected chi connectivity index (χ3v) is 3.11. The van der Waals surface area contributed by atoms with E-state index in [9.17, 15) is 4.39 Å². The van der Waals surface area contributed by atoms with Gasteiger partial charge < -0.3 is 10.5 Å². The van der Waals surface area contributed by atoms with Crippen LogP contribution in [0.4, 0.5) is 4.39 Å². The Hall–Kier alpha value is -1.39. The molecule has 0 aliphatic carbocycles. The molecule has 0 fully saturated rings. The highest BCUT2D eigenvalue weighted by atomic mass is 79.9. The highest BCUT2D eigenvalue weighted by Gasteiger charge is 2.07. The summed E-state index contributed by atoms with van der Waals surface area (Å²) in [6.45, 7) is 2.24. The van der Waals surface area contributed by atoms with Gasteiger partial charge in [0.05, 0.1) is 0 Å². The van der Waals surface area contributed by atoms with Gasteiger partial charge in [-0.2, -0.15) is 0 Å². The van der Waals surface area contributed by atoms with E-state index >= 15 is 0 Å². The first-order valence-electron chi connectivity index (χ1n) is 5.52. The smallest absolute Gasteiger partial charge is 0.133 e. The van der Waals surface area contributed by atoms with E-state index in [4.69, 9.17) is 10.5 Å². The van der Waals surface area contributed by atoms with E-state index in [1.807, 2.05) is 25.1 Å². The Labute approximate surface area is 114 Å². The Bertz CT molecular complexity index is 572. The first-order valence-corrected chi connectivity index (χ1v) is 6.32. The average molecular weight is 310 g/mol. The molecular formula is C14H13BrFNO. The van der Waals surface area contributed by atoms with Gasteiger partial charge in [-0.05, 0) is 36.8 Å². The summed E-state index contributed by atoms with van der Waals surface area (Å²) in [5.41, 5.74) is 7.41. The number of nitrogens with two attached hydrogens (primary N) is 1. The van der Waals surface area contributed by atoms with Crippen LogP contribution in [-0.2, 0) is 6.54 Å². The second kappa shape index (κ2) is 5.50. The maximum absolute atomic E-state index is 13.2. The Morgan fingerprint density at radius 2 is 1.94 bits per heavy atom. The minimum atomic E-state index is -0.318. The predicted octanol–water partition coefficient (Wildman–Crippen LogP) is 4.15. The standard InChI is InChI=1S/C14H13BrFNO/c1-9-2-4-12(16)7-14(9)18-13-5-3-11(15)6-10(13)8-17/h2-7H,8,17H2,1H3. The van der Waals surface area contributed by atoms with Gasteiger partial charge in [0, 0.05) is 22.6 Å². The molecule has 2 aromatic carbocycles. The molecule has 0 amide bonds. The van der Waals surface area contributed by atoms with Crippen LogP contribution in [0.1, 0.15) is 11.1 Å². The van der Waals surface area contributed by atoms with Gasteiger partial charge in [-0.15, -0.1) is 0 Å². The monoisotopic (exact) mass is 309 g/mol. The summed E-state index contributed by atoms with van der Waals surface area (Å²) in [7, 11) is 0. The Balaban J connectivity index is 2.36. The molecule has 0 bridgehead atoms. The lowest BCUT2D eigenvalue weighted by atomic mass is 10.2. The molecule has 2 aromatic rings. The van der Waals surface area contributed by atoms with Crippen molar-refractivity contribution in [3.8, 4) is 11.5 Å². The van der Waals surface area contributed by atoms with Gasteiger partial charge in [0.2, 0.25) is 0 Å². The van der Waals surface area contributed by atoms with Gasteiger partial charge >= 0.3 is 0 Å². The predicted molar refractivity (Wildman–Crippen MR) is 73.2 cm³/mol. The lowest BCUT2D eigenvalue weighted by Crippen LogP contribution is -2.00. The highest BCUT2D eigenvalue weighted by molar-refractivity contribution is 9.10. The van der Waals surface area contributed by atoms with Crippen molar-refractivity contribution in [2.75, 3.05) is 0 Å². The zero-order valence-electron chi connectivity index (χ0n) is 9.91. The van der Waals surface area contributed by atoms with Gasteiger partial charge in [0.25, 0.3) is 0 Å². The summed E-state index contributed by atoms with van der Waals surface area (Å²) in [5, 5.41) is 0. The van der Waals surface area contributed by atoms with Crippen LogP contribution in [0.5, 0.6) is 11.5 Å². The molecule has 0 saturated carbocycles. The highest BCUT2D eigenvalue weighted by Crippen LogP contribution is 2.30. The molecule has 0 radical (unpaired) electrons. The summed E-state index contributed by atoms with van der Waals surface area (Å²) in [5.74, 6) is 0.837. The Morgan fingerprint density at radius 1 is 1.17 bits per heavy atom. The molecule has 0 aliphatic rings. The summed E-state index contributed by atoms with van der Waals surface area (Å²) < 4.78 is 19.8. The van der Waals surface area contributed by atoms with E-state index in [0.717, 1.165) is 15.6 Å². The molecule has 4 heteroatoms. The normalized spacial score (nSPS) is 10.4. The quantitative estimate of drug-likeness (QED) is 0.924. The van der Waals surface area contributed by atoms with E-state index in [1.54, 1.807) is 6.07 Å². The second-order valence-corrected chi connectivity index (χ2v) is 4.88. The molecule has 18 heavy (non-hydrogen) atoms. The van der Waals surface area contributed by atoms with Crippen LogP contribution in [0.3, 0.4) is 0 Å². The van der Waals surface area contributed by atoms with Crippen molar-refractivity contribution in [2.45, 2.75) is 13.5 Å². The molecule has 0 spiro atoms. The molecule has 0 atom stereocenters. The van der Waals surface area contributed by atoms with E-state index in [2.05, 4.69) is 15.9 Å². The molecule has 94 valence electrons. The SMILES string of the molecule is Cc1ccc(F)cc1Oc1ccc(Br)cc1CN. The molecule has 2 nitrogen and oxygen atoms in total. The lowest BCUT2D eigenvalue weighted by Gasteiger charge is -2.12. The summed E-state index contributed by atoms with van der Waals surface area (Å²) >= 11 is 3.38. The Morgan fingerprint density at radius 3 is 2.67 bits per heavy atom. The minimum Gasteiger partial charge on any atom is -0.457 e. The average Bonchev–Trinajstić information content (AvgIpc) is 2.36. The van der Waals surface area contributed by atoms with Crippen LogP contribution in [0.2, 0.25) is 0 Å². The fourth-order valence-electron chi connectivity index (χ4n) is 1.61. The number of halogens is 2. The van der Waals surface area contributed by atoms with Gasteiger partial charge in [-0.25, -0.2) is 4.39 Å². The lowest BCUT2D eigenvalue weighted by molar-refractivity contribution is 0.467. The van der Waals surface area contributed by atoms with E-state index in [-0.39, 0.29) is 5.82 Å². The number of aryl methyl sites for hydroxylation is 1. The molecule has 0 heterocycles. The summed E-state index contributed by atoms with van der Waals surface area (Å²) in [6.07, 6.45) is 0. The van der Waals surface area contributed by atoms with Crippen LogP contribution in [0, 0.1) is 12.7 Å². The van der Waals surface area contributed by atoms with Crippen LogP contribution in [0.15, 0.2) is 40.9 Å². The molecule has 0 aliphatic heterocycles. The minimum absolute atomic E-state index is 0.318. The number of rotatable bonds is 3. The number of hydrogen-bond donors (Lipinski definition) is 1. The molecule has 0 saturated heterocycles. The van der Waals surface area contributed by atoms with Gasteiger partial charge in [0.15, 0.2) is 0 Å². The van der Waals surface area contributed by atoms with Crippen LogP contribution < -0.4 is 10.5 Å². The van der Waals surface area contributed by atoms with Crippen molar-refractivity contribution in [3.05, 3.63) is 57.8 Å². The summed E-state index contributed by atoms with van der Waals surface area (Å²) in [6, 6.07) is 10.0. The second-order valence-electron chi connectivity index (χ2n) is 3.97.